The maximum absolute atomic E-state index is 5.46. The Morgan fingerprint density at radius 3 is 2.16 bits per heavy atom. The predicted molar refractivity (Wildman–Crippen MR) is 102 cm³/mol. The molecule has 0 spiro atoms. The molecule has 0 aliphatic heterocycles. The summed E-state index contributed by atoms with van der Waals surface area (Å²) in [5, 5.41) is 6.54. The van der Waals surface area contributed by atoms with Crippen LogP contribution in [0.25, 0.3) is 0 Å². The molecule has 0 fully saturated rings. The molecule has 128 valence electrons. The van der Waals surface area contributed by atoms with E-state index in [2.05, 4.69) is 39.7 Å². The zero-order valence-electron chi connectivity index (χ0n) is 14.7. The van der Waals surface area contributed by atoms with E-state index in [0.29, 0.717) is 12.6 Å². The van der Waals surface area contributed by atoms with Crippen LogP contribution in [0.15, 0.2) is 54.6 Å². The van der Waals surface area contributed by atoms with Crippen LogP contribution in [0.5, 0.6) is 5.75 Å². The van der Waals surface area contributed by atoms with Crippen LogP contribution in [-0.2, 0) is 0 Å². The third kappa shape index (κ3) is 4.70. The summed E-state index contributed by atoms with van der Waals surface area (Å²) in [7, 11) is 0. The van der Waals surface area contributed by atoms with E-state index >= 15 is 0 Å². The number of benzene rings is 2. The Morgan fingerprint density at radius 2 is 1.48 bits per heavy atom. The van der Waals surface area contributed by atoms with Crippen molar-refractivity contribution in [3.63, 3.8) is 0 Å². The summed E-state index contributed by atoms with van der Waals surface area (Å²) in [4.78, 5) is 8.99. The minimum absolute atomic E-state index is 0.567. The van der Waals surface area contributed by atoms with Crippen molar-refractivity contribution in [2.45, 2.75) is 20.8 Å². The Kier molecular flexibility index (Phi) is 5.14. The number of hydrogen-bond donors (Lipinski definition) is 2. The van der Waals surface area contributed by atoms with Crippen LogP contribution >= 0.6 is 0 Å². The molecule has 0 radical (unpaired) electrons. The van der Waals surface area contributed by atoms with E-state index in [1.165, 1.54) is 5.56 Å². The highest BCUT2D eigenvalue weighted by Crippen LogP contribution is 2.21. The second kappa shape index (κ2) is 7.66. The normalized spacial score (nSPS) is 10.4. The molecule has 3 rings (SSSR count). The van der Waals surface area contributed by atoms with E-state index < -0.39 is 0 Å². The first kappa shape index (κ1) is 16.8. The van der Waals surface area contributed by atoms with E-state index in [0.717, 1.165) is 28.6 Å². The van der Waals surface area contributed by atoms with Gasteiger partial charge in [-0.05, 0) is 57.2 Å². The fourth-order valence-corrected chi connectivity index (χ4v) is 2.40. The predicted octanol–water partition coefficient (Wildman–Crippen LogP) is 4.98. The quantitative estimate of drug-likeness (QED) is 0.666. The molecule has 25 heavy (non-hydrogen) atoms. The van der Waals surface area contributed by atoms with Crippen molar-refractivity contribution in [2.75, 3.05) is 17.2 Å². The summed E-state index contributed by atoms with van der Waals surface area (Å²) >= 11 is 0. The molecule has 5 nitrogen and oxygen atoms in total. The van der Waals surface area contributed by atoms with E-state index in [1.54, 1.807) is 0 Å². The van der Waals surface area contributed by atoms with Crippen molar-refractivity contribution in [3.8, 4) is 5.75 Å². The minimum atomic E-state index is 0.567. The number of nitrogens with zero attached hydrogens (tertiary/aromatic N) is 2. The third-order valence-corrected chi connectivity index (χ3v) is 3.60. The Morgan fingerprint density at radius 1 is 0.840 bits per heavy atom. The Labute approximate surface area is 148 Å². The number of hydrogen-bond acceptors (Lipinski definition) is 5. The van der Waals surface area contributed by atoms with Gasteiger partial charge in [-0.25, -0.2) is 4.98 Å². The van der Waals surface area contributed by atoms with Gasteiger partial charge in [0.2, 0.25) is 5.95 Å². The Balaban J connectivity index is 1.75. The van der Waals surface area contributed by atoms with E-state index in [9.17, 15) is 0 Å². The van der Waals surface area contributed by atoms with Gasteiger partial charge in [-0.15, -0.1) is 0 Å². The zero-order valence-corrected chi connectivity index (χ0v) is 14.7. The molecule has 0 amide bonds. The van der Waals surface area contributed by atoms with Crippen molar-refractivity contribution in [1.82, 2.24) is 9.97 Å². The number of ether oxygens (including phenoxy) is 1. The second-order valence-corrected chi connectivity index (χ2v) is 5.79. The van der Waals surface area contributed by atoms with Gasteiger partial charge in [0, 0.05) is 23.1 Å². The standard InChI is InChI=1S/C20H22N4O/c1-4-25-18-11-9-16(10-12-18)22-19-13-15(3)21-20(24-19)23-17-7-5-14(2)6-8-17/h5-13H,4H2,1-3H3,(H2,21,22,23,24). The Bertz CT molecular complexity index is 829. The molecule has 0 aliphatic carbocycles. The van der Waals surface area contributed by atoms with E-state index in [4.69, 9.17) is 4.74 Å². The summed E-state index contributed by atoms with van der Waals surface area (Å²) in [5.74, 6) is 2.16. The smallest absolute Gasteiger partial charge is 0.229 e. The number of anilines is 4. The first-order chi connectivity index (χ1) is 12.1. The topological polar surface area (TPSA) is 59.1 Å². The fraction of sp³-hybridized carbons (Fsp3) is 0.200. The summed E-state index contributed by atoms with van der Waals surface area (Å²) in [6.45, 7) is 6.64. The summed E-state index contributed by atoms with van der Waals surface area (Å²) in [6.07, 6.45) is 0. The highest BCUT2D eigenvalue weighted by Gasteiger charge is 2.04. The highest BCUT2D eigenvalue weighted by atomic mass is 16.5. The lowest BCUT2D eigenvalue weighted by atomic mass is 10.2. The van der Waals surface area contributed by atoms with Crippen LogP contribution in [0.2, 0.25) is 0 Å². The van der Waals surface area contributed by atoms with Crippen LogP contribution in [0.3, 0.4) is 0 Å². The molecule has 0 aliphatic rings. The second-order valence-electron chi connectivity index (χ2n) is 5.79. The molecular weight excluding hydrogens is 312 g/mol. The molecule has 5 heteroatoms. The monoisotopic (exact) mass is 334 g/mol. The molecule has 0 unspecified atom stereocenters. The van der Waals surface area contributed by atoms with E-state index in [-0.39, 0.29) is 0 Å². The molecule has 2 N–H and O–H groups in total. The van der Waals surface area contributed by atoms with Gasteiger partial charge in [0.15, 0.2) is 0 Å². The summed E-state index contributed by atoms with van der Waals surface area (Å²) in [5.41, 5.74) is 4.01. The number of nitrogens with one attached hydrogen (secondary N) is 2. The van der Waals surface area contributed by atoms with Crippen molar-refractivity contribution >= 4 is 23.1 Å². The number of rotatable bonds is 6. The van der Waals surface area contributed by atoms with Gasteiger partial charge >= 0.3 is 0 Å². The molecular formula is C20H22N4O. The van der Waals surface area contributed by atoms with Gasteiger partial charge in [0.05, 0.1) is 6.61 Å². The summed E-state index contributed by atoms with van der Waals surface area (Å²) in [6, 6.07) is 17.9. The van der Waals surface area contributed by atoms with Crippen LogP contribution in [0.4, 0.5) is 23.1 Å². The lowest BCUT2D eigenvalue weighted by molar-refractivity contribution is 0.340. The fourth-order valence-electron chi connectivity index (χ4n) is 2.40. The van der Waals surface area contributed by atoms with Crippen molar-refractivity contribution in [1.29, 1.82) is 0 Å². The zero-order chi connectivity index (χ0) is 17.6. The van der Waals surface area contributed by atoms with Gasteiger partial charge in [0.25, 0.3) is 0 Å². The average molecular weight is 334 g/mol. The third-order valence-electron chi connectivity index (χ3n) is 3.60. The van der Waals surface area contributed by atoms with Gasteiger partial charge < -0.3 is 15.4 Å². The van der Waals surface area contributed by atoms with Gasteiger partial charge in [-0.2, -0.15) is 4.98 Å². The lowest BCUT2D eigenvalue weighted by Crippen LogP contribution is -2.02. The molecule has 1 heterocycles. The molecule has 0 saturated carbocycles. The maximum Gasteiger partial charge on any atom is 0.229 e. The molecule has 0 atom stereocenters. The highest BCUT2D eigenvalue weighted by molar-refractivity contribution is 5.60. The van der Waals surface area contributed by atoms with Gasteiger partial charge in [0.1, 0.15) is 11.6 Å². The van der Waals surface area contributed by atoms with Crippen LogP contribution in [0, 0.1) is 13.8 Å². The molecule has 2 aromatic carbocycles. The van der Waals surface area contributed by atoms with Crippen molar-refractivity contribution < 1.29 is 4.74 Å². The Hall–Kier alpha value is -3.08. The largest absolute Gasteiger partial charge is 0.494 e. The van der Waals surface area contributed by atoms with Crippen molar-refractivity contribution in [3.05, 3.63) is 65.9 Å². The SMILES string of the molecule is CCOc1ccc(Nc2cc(C)nc(Nc3ccc(C)cc3)n2)cc1. The lowest BCUT2D eigenvalue weighted by Gasteiger charge is -2.11. The van der Waals surface area contributed by atoms with E-state index in [1.807, 2.05) is 56.3 Å². The van der Waals surface area contributed by atoms with Crippen molar-refractivity contribution in [2.24, 2.45) is 0 Å². The maximum atomic E-state index is 5.46. The summed E-state index contributed by atoms with van der Waals surface area (Å²) < 4.78 is 5.46. The van der Waals surface area contributed by atoms with Crippen LogP contribution in [-0.4, -0.2) is 16.6 Å². The molecule has 3 aromatic rings. The molecule has 0 bridgehead atoms. The molecule has 0 saturated heterocycles. The first-order valence-corrected chi connectivity index (χ1v) is 8.31. The minimum Gasteiger partial charge on any atom is -0.494 e. The molecule has 1 aromatic heterocycles. The number of aromatic nitrogens is 2. The average Bonchev–Trinajstić information content (AvgIpc) is 2.58. The number of aryl methyl sites for hydroxylation is 2. The first-order valence-electron chi connectivity index (χ1n) is 8.31. The van der Waals surface area contributed by atoms with Crippen LogP contribution < -0.4 is 15.4 Å². The van der Waals surface area contributed by atoms with Gasteiger partial charge in [-0.3, -0.25) is 0 Å². The van der Waals surface area contributed by atoms with Gasteiger partial charge in [-0.1, -0.05) is 17.7 Å². The van der Waals surface area contributed by atoms with Crippen LogP contribution in [0.1, 0.15) is 18.2 Å².